The molecule has 1 amide bonds. The minimum Gasteiger partial charge on any atom is -0.493 e. The van der Waals surface area contributed by atoms with Crippen LogP contribution in [0, 0.1) is 0 Å². The van der Waals surface area contributed by atoms with Crippen molar-refractivity contribution in [2.24, 2.45) is 0 Å². The predicted molar refractivity (Wildman–Crippen MR) is 141 cm³/mol. The first-order valence-electron chi connectivity index (χ1n) is 11.1. The van der Waals surface area contributed by atoms with Gasteiger partial charge < -0.3 is 19.5 Å². The van der Waals surface area contributed by atoms with Gasteiger partial charge in [-0.2, -0.15) is 0 Å². The summed E-state index contributed by atoms with van der Waals surface area (Å²) in [4.78, 5) is 12.2. The molecule has 0 bridgehead atoms. The van der Waals surface area contributed by atoms with Crippen LogP contribution in [-0.4, -0.2) is 48.0 Å². The summed E-state index contributed by atoms with van der Waals surface area (Å²) >= 11 is 5.92. The molecule has 3 aromatic rings. The number of hydrogen-bond acceptors (Lipinski definition) is 6. The SMILES string of the molecule is COc1ccc(CCNC(=O)COc2ccc(N(Cc3ccc(Cl)cc3)S(C)(=O)=O)cc2)cc1OC. The van der Waals surface area contributed by atoms with Crippen molar-refractivity contribution in [1.82, 2.24) is 5.32 Å². The normalized spacial score (nSPS) is 11.0. The van der Waals surface area contributed by atoms with Crippen molar-refractivity contribution in [1.29, 1.82) is 0 Å². The quantitative estimate of drug-likeness (QED) is 0.378. The highest BCUT2D eigenvalue weighted by atomic mass is 35.5. The zero-order chi connectivity index (χ0) is 26.1. The van der Waals surface area contributed by atoms with Gasteiger partial charge in [0.1, 0.15) is 5.75 Å². The predicted octanol–water partition coefficient (Wildman–Crippen LogP) is 4.06. The number of sulfonamides is 1. The van der Waals surface area contributed by atoms with E-state index in [1.165, 1.54) is 4.31 Å². The number of benzene rings is 3. The van der Waals surface area contributed by atoms with E-state index in [4.69, 9.17) is 25.8 Å². The van der Waals surface area contributed by atoms with E-state index in [-0.39, 0.29) is 19.1 Å². The van der Waals surface area contributed by atoms with Crippen molar-refractivity contribution < 1.29 is 27.4 Å². The van der Waals surface area contributed by atoms with Gasteiger partial charge in [0, 0.05) is 11.6 Å². The molecule has 0 saturated carbocycles. The van der Waals surface area contributed by atoms with Crippen molar-refractivity contribution >= 4 is 33.2 Å². The van der Waals surface area contributed by atoms with E-state index in [2.05, 4.69) is 5.32 Å². The Bertz CT molecular complexity index is 1260. The number of anilines is 1. The lowest BCUT2D eigenvalue weighted by molar-refractivity contribution is -0.123. The molecule has 1 N–H and O–H groups in total. The van der Waals surface area contributed by atoms with Crippen molar-refractivity contribution in [3.8, 4) is 17.2 Å². The average molecular weight is 533 g/mol. The molecular formula is C26H29ClN2O6S. The molecule has 0 aliphatic rings. The second kappa shape index (κ2) is 12.5. The van der Waals surface area contributed by atoms with Crippen LogP contribution in [0.4, 0.5) is 5.69 Å². The van der Waals surface area contributed by atoms with Gasteiger partial charge in [-0.1, -0.05) is 29.8 Å². The molecule has 10 heteroatoms. The zero-order valence-corrected chi connectivity index (χ0v) is 21.9. The Hall–Kier alpha value is -3.43. The van der Waals surface area contributed by atoms with Crippen LogP contribution in [-0.2, 0) is 27.8 Å². The van der Waals surface area contributed by atoms with E-state index in [0.717, 1.165) is 17.4 Å². The summed E-state index contributed by atoms with van der Waals surface area (Å²) in [5.41, 5.74) is 2.28. The van der Waals surface area contributed by atoms with Crippen LogP contribution in [0.25, 0.3) is 0 Å². The van der Waals surface area contributed by atoms with Crippen molar-refractivity contribution in [3.05, 3.63) is 82.9 Å². The fraction of sp³-hybridized carbons (Fsp3) is 0.269. The van der Waals surface area contributed by atoms with Crippen LogP contribution in [0.5, 0.6) is 17.2 Å². The third-order valence-electron chi connectivity index (χ3n) is 5.32. The van der Waals surface area contributed by atoms with E-state index in [1.54, 1.807) is 62.8 Å². The van der Waals surface area contributed by atoms with Crippen LogP contribution in [0.2, 0.25) is 5.02 Å². The highest BCUT2D eigenvalue weighted by molar-refractivity contribution is 7.92. The molecule has 8 nitrogen and oxygen atoms in total. The standard InChI is InChI=1S/C26H29ClN2O6S/c1-33-24-13-6-19(16-25(24)34-2)14-15-28-26(30)18-35-23-11-9-22(10-12-23)29(36(3,31)32)17-20-4-7-21(27)8-5-20/h4-13,16H,14-15,17-18H2,1-3H3,(H,28,30). The summed E-state index contributed by atoms with van der Waals surface area (Å²) in [5, 5.41) is 3.40. The van der Waals surface area contributed by atoms with E-state index >= 15 is 0 Å². The van der Waals surface area contributed by atoms with Crippen molar-refractivity contribution in [2.75, 3.05) is 37.9 Å². The number of hydrogen-bond donors (Lipinski definition) is 1. The highest BCUT2D eigenvalue weighted by Gasteiger charge is 2.18. The monoisotopic (exact) mass is 532 g/mol. The Morgan fingerprint density at radius 2 is 1.56 bits per heavy atom. The number of halogens is 1. The third-order valence-corrected chi connectivity index (χ3v) is 6.71. The highest BCUT2D eigenvalue weighted by Crippen LogP contribution is 2.27. The van der Waals surface area contributed by atoms with E-state index < -0.39 is 10.0 Å². The maximum Gasteiger partial charge on any atom is 0.257 e. The minimum absolute atomic E-state index is 0.161. The number of carbonyl (C=O) groups excluding carboxylic acids is 1. The van der Waals surface area contributed by atoms with Gasteiger partial charge in [-0.15, -0.1) is 0 Å². The molecule has 0 radical (unpaired) electrons. The number of rotatable bonds is 12. The number of carbonyl (C=O) groups is 1. The topological polar surface area (TPSA) is 94.2 Å². The third kappa shape index (κ3) is 7.79. The second-order valence-corrected chi connectivity index (χ2v) is 10.3. The lowest BCUT2D eigenvalue weighted by atomic mass is 10.1. The molecule has 0 heterocycles. The Balaban J connectivity index is 1.51. The first-order chi connectivity index (χ1) is 17.2. The van der Waals surface area contributed by atoms with Gasteiger partial charge in [0.2, 0.25) is 10.0 Å². The second-order valence-electron chi connectivity index (χ2n) is 7.97. The molecule has 0 saturated heterocycles. The Morgan fingerprint density at radius 3 is 2.17 bits per heavy atom. The van der Waals surface area contributed by atoms with Crippen LogP contribution >= 0.6 is 11.6 Å². The van der Waals surface area contributed by atoms with Crippen molar-refractivity contribution in [3.63, 3.8) is 0 Å². The molecule has 0 spiro atoms. The Labute approximate surface area is 216 Å². The number of methoxy groups -OCH3 is 2. The number of amides is 1. The lowest BCUT2D eigenvalue weighted by Gasteiger charge is -2.23. The van der Waals surface area contributed by atoms with Gasteiger partial charge in [0.05, 0.1) is 32.7 Å². The first-order valence-corrected chi connectivity index (χ1v) is 13.3. The molecule has 0 aliphatic heterocycles. The molecule has 3 aromatic carbocycles. The largest absolute Gasteiger partial charge is 0.493 e. The summed E-state index contributed by atoms with van der Waals surface area (Å²) in [7, 11) is -0.373. The number of ether oxygens (including phenoxy) is 3. The van der Waals surface area contributed by atoms with E-state index in [1.807, 2.05) is 18.2 Å². The summed E-state index contributed by atoms with van der Waals surface area (Å²) in [5.74, 6) is 1.47. The number of nitrogens with one attached hydrogen (secondary N) is 1. The molecule has 0 fully saturated rings. The molecule has 0 atom stereocenters. The van der Waals surface area contributed by atoms with E-state index in [9.17, 15) is 13.2 Å². The molecule has 192 valence electrons. The molecule has 36 heavy (non-hydrogen) atoms. The van der Waals surface area contributed by atoms with Gasteiger partial charge in [0.15, 0.2) is 18.1 Å². The van der Waals surface area contributed by atoms with Gasteiger partial charge in [-0.3, -0.25) is 9.10 Å². The van der Waals surface area contributed by atoms with Gasteiger partial charge >= 0.3 is 0 Å². The van der Waals surface area contributed by atoms with Crippen LogP contribution in [0.3, 0.4) is 0 Å². The molecule has 0 aliphatic carbocycles. The van der Waals surface area contributed by atoms with Gasteiger partial charge in [0.25, 0.3) is 5.91 Å². The van der Waals surface area contributed by atoms with Crippen LogP contribution in [0.1, 0.15) is 11.1 Å². The lowest BCUT2D eigenvalue weighted by Crippen LogP contribution is -2.30. The fourth-order valence-corrected chi connectivity index (χ4v) is 4.46. The van der Waals surface area contributed by atoms with Crippen LogP contribution in [0.15, 0.2) is 66.7 Å². The molecule has 0 unspecified atom stereocenters. The molecular weight excluding hydrogens is 504 g/mol. The smallest absolute Gasteiger partial charge is 0.257 e. The number of nitrogens with zero attached hydrogens (tertiary/aromatic N) is 1. The van der Waals surface area contributed by atoms with Crippen molar-refractivity contribution in [2.45, 2.75) is 13.0 Å². The maximum absolute atomic E-state index is 12.4. The van der Waals surface area contributed by atoms with E-state index in [0.29, 0.717) is 40.9 Å². The van der Waals surface area contributed by atoms with Crippen LogP contribution < -0.4 is 23.8 Å². The summed E-state index contributed by atoms with van der Waals surface area (Å²) < 4.78 is 42.1. The Kier molecular flexibility index (Phi) is 9.44. The summed E-state index contributed by atoms with van der Waals surface area (Å²) in [6, 6.07) is 19.1. The fourth-order valence-electron chi connectivity index (χ4n) is 3.45. The summed E-state index contributed by atoms with van der Waals surface area (Å²) in [6.45, 7) is 0.440. The maximum atomic E-state index is 12.4. The van der Waals surface area contributed by atoms with Gasteiger partial charge in [-0.05, 0) is 66.1 Å². The Morgan fingerprint density at radius 1 is 0.917 bits per heavy atom. The molecule has 0 aromatic heterocycles. The first kappa shape index (κ1) is 27.2. The molecule has 3 rings (SSSR count). The summed E-state index contributed by atoms with van der Waals surface area (Å²) in [6.07, 6.45) is 1.77. The average Bonchev–Trinajstić information content (AvgIpc) is 2.86. The van der Waals surface area contributed by atoms with Gasteiger partial charge in [-0.25, -0.2) is 8.42 Å². The minimum atomic E-state index is -3.53. The zero-order valence-electron chi connectivity index (χ0n) is 20.4.